The van der Waals surface area contributed by atoms with Gasteiger partial charge in [0.1, 0.15) is 11.6 Å². The molecule has 24 heavy (non-hydrogen) atoms. The summed E-state index contributed by atoms with van der Waals surface area (Å²) in [5.74, 6) is 6.95. The summed E-state index contributed by atoms with van der Waals surface area (Å²) in [6.07, 6.45) is 4.70. The summed E-state index contributed by atoms with van der Waals surface area (Å²) in [7, 11) is 1.86. The van der Waals surface area contributed by atoms with E-state index in [1.54, 1.807) is 0 Å². The lowest BCUT2D eigenvalue weighted by Crippen LogP contribution is -2.48. The van der Waals surface area contributed by atoms with E-state index in [1.807, 2.05) is 7.05 Å². The monoisotopic (exact) mass is 350 g/mol. The van der Waals surface area contributed by atoms with Gasteiger partial charge in [0.05, 0.1) is 0 Å². The molecule has 3 rings (SSSR count). The van der Waals surface area contributed by atoms with Gasteiger partial charge in [0.25, 0.3) is 0 Å². The first-order chi connectivity index (χ1) is 11.7. The maximum Gasteiger partial charge on any atom is 0.191 e. The average Bonchev–Trinajstić information content (AvgIpc) is 3.03. The molecule has 0 saturated carbocycles. The van der Waals surface area contributed by atoms with Crippen LogP contribution in [0.2, 0.25) is 0 Å². The van der Waals surface area contributed by atoms with Crippen LogP contribution < -0.4 is 10.6 Å². The van der Waals surface area contributed by atoms with Gasteiger partial charge < -0.3 is 15.2 Å². The van der Waals surface area contributed by atoms with Crippen LogP contribution >= 0.6 is 11.8 Å². The first-order valence-corrected chi connectivity index (χ1v) is 10.3. The van der Waals surface area contributed by atoms with Crippen molar-refractivity contribution in [3.63, 3.8) is 0 Å². The Labute approximate surface area is 149 Å². The molecule has 0 spiro atoms. The van der Waals surface area contributed by atoms with Crippen molar-refractivity contribution in [2.45, 2.75) is 58.0 Å². The largest absolute Gasteiger partial charge is 0.356 e. The molecule has 0 aliphatic carbocycles. The van der Waals surface area contributed by atoms with E-state index >= 15 is 0 Å². The van der Waals surface area contributed by atoms with E-state index in [0.29, 0.717) is 12.0 Å². The predicted molar refractivity (Wildman–Crippen MR) is 101 cm³/mol. The zero-order chi connectivity index (χ0) is 16.9. The molecule has 1 unspecified atom stereocenters. The number of rotatable bonds is 4. The average molecular weight is 351 g/mol. The number of hydrogen-bond acceptors (Lipinski definition) is 4. The third-order valence-electron chi connectivity index (χ3n) is 4.96. The quantitative estimate of drug-likeness (QED) is 0.642. The van der Waals surface area contributed by atoms with E-state index in [4.69, 9.17) is 0 Å². The minimum atomic E-state index is 0.388. The van der Waals surface area contributed by atoms with Gasteiger partial charge >= 0.3 is 0 Å². The first-order valence-electron chi connectivity index (χ1n) is 9.14. The van der Waals surface area contributed by atoms with Crippen LogP contribution in [-0.2, 0) is 13.0 Å². The highest BCUT2D eigenvalue weighted by atomic mass is 32.2. The summed E-state index contributed by atoms with van der Waals surface area (Å²) in [6.45, 7) is 6.31. The van der Waals surface area contributed by atoms with Crippen molar-refractivity contribution in [1.82, 2.24) is 25.4 Å². The van der Waals surface area contributed by atoms with Gasteiger partial charge in [0.15, 0.2) is 5.96 Å². The molecule has 6 nitrogen and oxygen atoms in total. The Hall–Kier alpha value is -1.24. The second-order valence-electron chi connectivity index (χ2n) is 7.13. The van der Waals surface area contributed by atoms with Gasteiger partial charge in [-0.1, -0.05) is 13.8 Å². The molecule has 0 radical (unpaired) electrons. The summed E-state index contributed by atoms with van der Waals surface area (Å²) < 4.78 is 2.29. The molecule has 2 aliphatic rings. The molecule has 1 aromatic rings. The van der Waals surface area contributed by atoms with Crippen LogP contribution in [0.3, 0.4) is 0 Å². The van der Waals surface area contributed by atoms with Gasteiger partial charge in [-0.25, -0.2) is 0 Å². The summed E-state index contributed by atoms with van der Waals surface area (Å²) in [6, 6.07) is 0.388. The van der Waals surface area contributed by atoms with Gasteiger partial charge in [0.2, 0.25) is 0 Å². The number of thioether (sulfide) groups is 1. The summed E-state index contributed by atoms with van der Waals surface area (Å²) >= 11 is 2.08. The fourth-order valence-corrected chi connectivity index (χ4v) is 4.68. The van der Waals surface area contributed by atoms with Crippen molar-refractivity contribution in [3.05, 3.63) is 11.6 Å². The van der Waals surface area contributed by atoms with Crippen LogP contribution in [0.25, 0.3) is 0 Å². The Kier molecular flexibility index (Phi) is 6.03. The molecule has 1 saturated heterocycles. The molecule has 7 heteroatoms. The van der Waals surface area contributed by atoms with Crippen molar-refractivity contribution < 1.29 is 0 Å². The molecule has 1 fully saturated rings. The zero-order valence-corrected chi connectivity index (χ0v) is 15.9. The summed E-state index contributed by atoms with van der Waals surface area (Å²) in [4.78, 5) is 4.42. The number of hydrogen-bond donors (Lipinski definition) is 2. The van der Waals surface area contributed by atoms with Crippen molar-refractivity contribution >= 4 is 17.7 Å². The highest BCUT2D eigenvalue weighted by molar-refractivity contribution is 7.99. The van der Waals surface area contributed by atoms with Gasteiger partial charge in [-0.15, -0.1) is 10.2 Å². The lowest BCUT2D eigenvalue weighted by molar-refractivity contribution is 0.404. The second-order valence-corrected chi connectivity index (χ2v) is 8.35. The second kappa shape index (κ2) is 8.23. The smallest absolute Gasteiger partial charge is 0.191 e. The van der Waals surface area contributed by atoms with Crippen molar-refractivity contribution in [2.75, 3.05) is 25.1 Å². The lowest BCUT2D eigenvalue weighted by Gasteiger charge is -2.28. The minimum absolute atomic E-state index is 0.388. The van der Waals surface area contributed by atoms with E-state index in [1.165, 1.54) is 24.3 Å². The molecule has 0 aromatic carbocycles. The molecule has 2 aliphatic heterocycles. The molecule has 134 valence electrons. The molecule has 0 amide bonds. The maximum absolute atomic E-state index is 4.42. The number of fused-ring (bicyclic) bond motifs is 1. The molecule has 1 aromatic heterocycles. The number of aryl methyl sites for hydroxylation is 1. The van der Waals surface area contributed by atoms with Crippen LogP contribution in [0.4, 0.5) is 0 Å². The van der Waals surface area contributed by atoms with E-state index < -0.39 is 0 Å². The number of aliphatic imine (C=N–C) groups is 1. The number of guanidine groups is 1. The minimum Gasteiger partial charge on any atom is -0.356 e. The van der Waals surface area contributed by atoms with Crippen LogP contribution in [0, 0.1) is 5.92 Å². The van der Waals surface area contributed by atoms with Crippen LogP contribution in [-0.4, -0.2) is 51.9 Å². The van der Waals surface area contributed by atoms with E-state index in [2.05, 4.69) is 56.0 Å². The van der Waals surface area contributed by atoms with Crippen molar-refractivity contribution in [3.8, 4) is 0 Å². The first kappa shape index (κ1) is 17.6. The Bertz CT molecular complexity index is 561. The third-order valence-corrected chi connectivity index (χ3v) is 6.00. The van der Waals surface area contributed by atoms with Gasteiger partial charge in [-0.05, 0) is 36.7 Å². The number of nitrogens with one attached hydrogen (secondary N) is 2. The van der Waals surface area contributed by atoms with Gasteiger partial charge in [-0.3, -0.25) is 4.99 Å². The van der Waals surface area contributed by atoms with Crippen molar-refractivity contribution in [1.29, 1.82) is 0 Å². The van der Waals surface area contributed by atoms with Crippen LogP contribution in [0.15, 0.2) is 4.99 Å². The van der Waals surface area contributed by atoms with Gasteiger partial charge in [-0.2, -0.15) is 11.8 Å². The molecular weight excluding hydrogens is 320 g/mol. The van der Waals surface area contributed by atoms with Crippen molar-refractivity contribution in [2.24, 2.45) is 10.9 Å². The molecule has 2 N–H and O–H groups in total. The van der Waals surface area contributed by atoms with E-state index in [0.717, 1.165) is 49.5 Å². The fourth-order valence-electron chi connectivity index (χ4n) is 3.47. The highest BCUT2D eigenvalue weighted by Crippen LogP contribution is 2.22. The Morgan fingerprint density at radius 1 is 1.29 bits per heavy atom. The molecular formula is C17H30N6S. The third kappa shape index (κ3) is 4.23. The predicted octanol–water partition coefficient (Wildman–Crippen LogP) is 2.02. The molecule has 3 heterocycles. The standard InChI is InChI=1S/C17H30N6S/c1-12(2)16-22-21-15-5-4-14(11-23(15)16)20-17(18-3)19-10-13-6-8-24-9-7-13/h12-14H,4-11H2,1-3H3,(H2,18,19,20). The lowest BCUT2D eigenvalue weighted by atomic mass is 10.0. The topological polar surface area (TPSA) is 67.1 Å². The number of aromatic nitrogens is 3. The SMILES string of the molecule is CN=C(NCC1CCSCC1)NC1CCc2nnc(C(C)C)n2C1. The number of nitrogens with zero attached hydrogens (tertiary/aromatic N) is 4. The van der Waals surface area contributed by atoms with Crippen LogP contribution in [0.1, 0.15) is 50.7 Å². The highest BCUT2D eigenvalue weighted by Gasteiger charge is 2.24. The molecule has 1 atom stereocenters. The Morgan fingerprint density at radius 3 is 2.79 bits per heavy atom. The Balaban J connectivity index is 1.53. The Morgan fingerprint density at radius 2 is 2.08 bits per heavy atom. The van der Waals surface area contributed by atoms with E-state index in [-0.39, 0.29) is 0 Å². The molecule has 0 bridgehead atoms. The zero-order valence-electron chi connectivity index (χ0n) is 15.1. The fraction of sp³-hybridized carbons (Fsp3) is 0.824. The van der Waals surface area contributed by atoms with Gasteiger partial charge in [0, 0.05) is 38.5 Å². The van der Waals surface area contributed by atoms with Crippen LogP contribution in [0.5, 0.6) is 0 Å². The van der Waals surface area contributed by atoms with E-state index in [9.17, 15) is 0 Å². The summed E-state index contributed by atoms with van der Waals surface area (Å²) in [5, 5.41) is 15.8. The maximum atomic E-state index is 4.42. The summed E-state index contributed by atoms with van der Waals surface area (Å²) in [5.41, 5.74) is 0. The normalized spacial score (nSPS) is 22.5.